The van der Waals surface area contributed by atoms with Crippen molar-refractivity contribution in [3.63, 3.8) is 0 Å². The summed E-state index contributed by atoms with van der Waals surface area (Å²) >= 11 is 11.9. The van der Waals surface area contributed by atoms with E-state index in [0.717, 1.165) is 22.4 Å². The van der Waals surface area contributed by atoms with Gasteiger partial charge in [0.15, 0.2) is 0 Å². The Kier molecular flexibility index (Phi) is 7.13. The van der Waals surface area contributed by atoms with E-state index >= 15 is 0 Å². The van der Waals surface area contributed by atoms with E-state index in [1.807, 2.05) is 60.7 Å². The fraction of sp³-hybridized carbons (Fsp3) is 0.182. The lowest BCUT2D eigenvalue weighted by Crippen LogP contribution is -2.20. The summed E-state index contributed by atoms with van der Waals surface area (Å²) in [4.78, 5) is 0. The maximum absolute atomic E-state index is 10.2. The van der Waals surface area contributed by atoms with E-state index in [1.165, 1.54) is 0 Å². The van der Waals surface area contributed by atoms with Gasteiger partial charge in [0.2, 0.25) is 0 Å². The second-order valence-electron chi connectivity index (χ2n) is 6.24. The number of hydrogen-bond donors (Lipinski definition) is 2. The van der Waals surface area contributed by atoms with Crippen molar-refractivity contribution in [3.05, 3.63) is 99.5 Å². The molecular formula is C22H21Cl2NO2. The third-order valence-electron chi connectivity index (χ3n) is 4.16. The maximum atomic E-state index is 10.2. The molecule has 0 saturated heterocycles. The van der Waals surface area contributed by atoms with Crippen LogP contribution in [-0.2, 0) is 13.2 Å². The first kappa shape index (κ1) is 19.7. The van der Waals surface area contributed by atoms with Crippen molar-refractivity contribution in [1.29, 1.82) is 0 Å². The molecule has 0 amide bonds. The van der Waals surface area contributed by atoms with E-state index < -0.39 is 6.10 Å². The van der Waals surface area contributed by atoms with Crippen molar-refractivity contribution < 1.29 is 9.84 Å². The zero-order valence-electron chi connectivity index (χ0n) is 14.7. The highest BCUT2D eigenvalue weighted by Gasteiger charge is 2.06. The Morgan fingerprint density at radius 3 is 2.26 bits per heavy atom. The summed E-state index contributed by atoms with van der Waals surface area (Å²) in [6, 6.07) is 23.0. The lowest BCUT2D eigenvalue weighted by atomic mass is 10.1. The summed E-state index contributed by atoms with van der Waals surface area (Å²) in [5, 5.41) is 14.5. The third-order valence-corrected chi connectivity index (χ3v) is 4.90. The number of halogens is 2. The molecule has 3 aromatic carbocycles. The molecule has 0 fully saturated rings. The van der Waals surface area contributed by atoms with Gasteiger partial charge in [0.05, 0.1) is 16.1 Å². The zero-order chi connectivity index (χ0) is 19.1. The highest BCUT2D eigenvalue weighted by molar-refractivity contribution is 6.42. The van der Waals surface area contributed by atoms with Crippen LogP contribution in [0.4, 0.5) is 0 Å². The predicted molar refractivity (Wildman–Crippen MR) is 110 cm³/mol. The van der Waals surface area contributed by atoms with E-state index in [0.29, 0.717) is 29.7 Å². The van der Waals surface area contributed by atoms with E-state index in [-0.39, 0.29) is 0 Å². The molecule has 27 heavy (non-hydrogen) atoms. The summed E-state index contributed by atoms with van der Waals surface area (Å²) in [6.45, 7) is 1.61. The van der Waals surface area contributed by atoms with Crippen LogP contribution in [0.15, 0.2) is 72.8 Å². The van der Waals surface area contributed by atoms with E-state index in [2.05, 4.69) is 5.32 Å². The van der Waals surface area contributed by atoms with Crippen LogP contribution in [0.3, 0.4) is 0 Å². The SMILES string of the molecule is O[C@H](CNCc1ccc(OCc2ccc(Cl)c(Cl)c2)cc1)c1ccccc1. The van der Waals surface area contributed by atoms with Gasteiger partial charge in [-0.3, -0.25) is 0 Å². The van der Waals surface area contributed by atoms with Gasteiger partial charge >= 0.3 is 0 Å². The minimum absolute atomic E-state index is 0.428. The zero-order valence-corrected chi connectivity index (χ0v) is 16.3. The number of aliphatic hydroxyl groups is 1. The van der Waals surface area contributed by atoms with Crippen LogP contribution < -0.4 is 10.1 Å². The monoisotopic (exact) mass is 401 g/mol. The molecule has 0 heterocycles. The van der Waals surface area contributed by atoms with Gasteiger partial charge in [-0.1, -0.05) is 71.7 Å². The van der Waals surface area contributed by atoms with Crippen LogP contribution in [0.25, 0.3) is 0 Å². The first-order chi connectivity index (χ1) is 13.1. The molecule has 0 unspecified atom stereocenters. The van der Waals surface area contributed by atoms with Crippen LogP contribution >= 0.6 is 23.2 Å². The Morgan fingerprint density at radius 2 is 1.56 bits per heavy atom. The molecule has 0 aliphatic carbocycles. The van der Waals surface area contributed by atoms with Gasteiger partial charge in [-0.05, 0) is 41.0 Å². The number of benzene rings is 3. The van der Waals surface area contributed by atoms with E-state index in [9.17, 15) is 5.11 Å². The summed E-state index contributed by atoms with van der Waals surface area (Å²) in [7, 11) is 0. The quantitative estimate of drug-likeness (QED) is 0.531. The second kappa shape index (κ2) is 9.77. The molecule has 3 nitrogen and oxygen atoms in total. The van der Waals surface area contributed by atoms with Gasteiger partial charge in [0, 0.05) is 13.1 Å². The number of ether oxygens (including phenoxy) is 1. The molecule has 3 rings (SSSR count). The van der Waals surface area contributed by atoms with Crippen molar-refractivity contribution in [2.75, 3.05) is 6.54 Å². The Morgan fingerprint density at radius 1 is 0.852 bits per heavy atom. The standard InChI is InChI=1S/C22H21Cl2NO2/c23-20-11-8-17(12-21(20)24)15-27-19-9-6-16(7-10-19)13-25-14-22(26)18-4-2-1-3-5-18/h1-12,22,25-26H,13-15H2/t22-/m1/s1. The summed E-state index contributed by atoms with van der Waals surface area (Å²) in [5.41, 5.74) is 3.00. The lowest BCUT2D eigenvalue weighted by molar-refractivity contribution is 0.174. The summed E-state index contributed by atoms with van der Waals surface area (Å²) in [6.07, 6.45) is -0.514. The second-order valence-corrected chi connectivity index (χ2v) is 7.05. The summed E-state index contributed by atoms with van der Waals surface area (Å²) < 4.78 is 5.78. The normalized spacial score (nSPS) is 12.0. The first-order valence-electron chi connectivity index (χ1n) is 8.71. The number of rotatable bonds is 8. The van der Waals surface area contributed by atoms with Gasteiger partial charge in [0.1, 0.15) is 12.4 Å². The van der Waals surface area contributed by atoms with E-state index in [4.69, 9.17) is 27.9 Å². The third kappa shape index (κ3) is 5.98. The van der Waals surface area contributed by atoms with Gasteiger partial charge in [-0.2, -0.15) is 0 Å². The fourth-order valence-corrected chi connectivity index (χ4v) is 2.97. The fourth-order valence-electron chi connectivity index (χ4n) is 2.65. The Balaban J connectivity index is 1.45. The molecule has 2 N–H and O–H groups in total. The van der Waals surface area contributed by atoms with Crippen molar-refractivity contribution in [2.45, 2.75) is 19.3 Å². The molecule has 140 valence electrons. The van der Waals surface area contributed by atoms with Crippen LogP contribution in [0, 0.1) is 0 Å². The molecular weight excluding hydrogens is 381 g/mol. The Bertz CT molecular complexity index is 854. The van der Waals surface area contributed by atoms with Gasteiger partial charge in [0.25, 0.3) is 0 Å². The largest absolute Gasteiger partial charge is 0.489 e. The molecule has 0 bridgehead atoms. The minimum Gasteiger partial charge on any atom is -0.489 e. The topological polar surface area (TPSA) is 41.5 Å². The number of aliphatic hydroxyl groups excluding tert-OH is 1. The molecule has 1 atom stereocenters. The molecule has 0 aliphatic rings. The van der Waals surface area contributed by atoms with Crippen molar-refractivity contribution in [1.82, 2.24) is 5.32 Å². The summed E-state index contributed by atoms with van der Waals surface area (Å²) in [5.74, 6) is 0.786. The van der Waals surface area contributed by atoms with Gasteiger partial charge in [-0.25, -0.2) is 0 Å². The molecule has 0 spiro atoms. The first-order valence-corrected chi connectivity index (χ1v) is 9.47. The smallest absolute Gasteiger partial charge is 0.119 e. The lowest BCUT2D eigenvalue weighted by Gasteiger charge is -2.12. The maximum Gasteiger partial charge on any atom is 0.119 e. The number of hydrogen-bond acceptors (Lipinski definition) is 3. The highest BCUT2D eigenvalue weighted by atomic mass is 35.5. The average molecular weight is 402 g/mol. The molecule has 0 aromatic heterocycles. The van der Waals surface area contributed by atoms with Crippen molar-refractivity contribution >= 4 is 23.2 Å². The molecule has 0 radical (unpaired) electrons. The van der Waals surface area contributed by atoms with Crippen LogP contribution in [-0.4, -0.2) is 11.7 Å². The van der Waals surface area contributed by atoms with Crippen molar-refractivity contribution in [3.8, 4) is 5.75 Å². The van der Waals surface area contributed by atoms with E-state index in [1.54, 1.807) is 12.1 Å². The van der Waals surface area contributed by atoms with Crippen molar-refractivity contribution in [2.24, 2.45) is 0 Å². The van der Waals surface area contributed by atoms with Gasteiger partial charge in [-0.15, -0.1) is 0 Å². The predicted octanol–water partition coefficient (Wildman–Crippen LogP) is 5.40. The van der Waals surface area contributed by atoms with Gasteiger partial charge < -0.3 is 15.2 Å². The molecule has 5 heteroatoms. The van der Waals surface area contributed by atoms with Crippen LogP contribution in [0.5, 0.6) is 5.75 Å². The highest BCUT2D eigenvalue weighted by Crippen LogP contribution is 2.23. The Hall–Kier alpha value is -2.04. The van der Waals surface area contributed by atoms with Crippen LogP contribution in [0.2, 0.25) is 10.0 Å². The minimum atomic E-state index is -0.514. The number of nitrogens with one attached hydrogen (secondary N) is 1. The van der Waals surface area contributed by atoms with Crippen LogP contribution in [0.1, 0.15) is 22.8 Å². The average Bonchev–Trinajstić information content (AvgIpc) is 2.70. The molecule has 0 saturated carbocycles. The molecule has 0 aliphatic heterocycles. The Labute approximate surface area is 169 Å². The molecule has 3 aromatic rings.